The van der Waals surface area contributed by atoms with Gasteiger partial charge >= 0.3 is 11.7 Å². The van der Waals surface area contributed by atoms with Crippen LogP contribution in [-0.2, 0) is 18.7 Å². The number of aryl methyl sites for hydroxylation is 1. The van der Waals surface area contributed by atoms with Crippen LogP contribution >= 0.6 is 0 Å². The molecule has 0 spiro atoms. The van der Waals surface area contributed by atoms with Gasteiger partial charge in [-0.25, -0.2) is 9.18 Å². The lowest BCUT2D eigenvalue weighted by atomic mass is 10.1. The van der Waals surface area contributed by atoms with E-state index in [2.05, 4.69) is 25.8 Å². The Hall–Kier alpha value is -3.34. The SMILES string of the molecule is CC(=O)O[C@@H]1C(F)[C@H](n2cc(C)c(=O)[nH]c2=O)O[C@@H]1CO[Si](c1ccccc1)(c1ccccc1)C(C)(C)C. The van der Waals surface area contributed by atoms with Crippen molar-refractivity contribution in [3.63, 3.8) is 0 Å². The monoisotopic (exact) mass is 540 g/mol. The quantitative estimate of drug-likeness (QED) is 0.365. The van der Waals surface area contributed by atoms with Crippen LogP contribution in [0.25, 0.3) is 0 Å². The summed E-state index contributed by atoms with van der Waals surface area (Å²) in [6, 6.07) is 19.9. The zero-order chi connectivity index (χ0) is 27.7. The molecule has 1 aliphatic rings. The third-order valence-electron chi connectivity index (χ3n) is 6.87. The minimum atomic E-state index is -3.00. The van der Waals surface area contributed by atoms with Gasteiger partial charge in [-0.3, -0.25) is 19.1 Å². The lowest BCUT2D eigenvalue weighted by molar-refractivity contribution is -0.152. The average Bonchev–Trinajstić information content (AvgIpc) is 3.16. The summed E-state index contributed by atoms with van der Waals surface area (Å²) in [6.45, 7) is 8.95. The average molecular weight is 541 g/mol. The molecule has 0 saturated carbocycles. The van der Waals surface area contributed by atoms with E-state index in [0.29, 0.717) is 0 Å². The third-order valence-corrected chi connectivity index (χ3v) is 11.9. The summed E-state index contributed by atoms with van der Waals surface area (Å²) in [4.78, 5) is 38.4. The number of rotatable bonds is 7. The molecule has 0 bridgehead atoms. The molecule has 1 unspecified atom stereocenters. The normalized spacial score (nSPS) is 21.8. The van der Waals surface area contributed by atoms with Gasteiger partial charge in [0, 0.05) is 18.7 Å². The number of hydrogen-bond acceptors (Lipinski definition) is 6. The van der Waals surface area contributed by atoms with Crippen LogP contribution in [0.3, 0.4) is 0 Å². The van der Waals surface area contributed by atoms with E-state index in [4.69, 9.17) is 13.9 Å². The van der Waals surface area contributed by atoms with Crippen LogP contribution in [0.15, 0.2) is 76.4 Å². The zero-order valence-corrected chi connectivity index (χ0v) is 23.1. The largest absolute Gasteiger partial charge is 0.456 e. The van der Waals surface area contributed by atoms with Crippen LogP contribution < -0.4 is 21.6 Å². The number of carbonyl (C=O) groups is 1. The second-order valence-corrected chi connectivity index (χ2v) is 14.8. The molecule has 1 N–H and O–H groups in total. The Morgan fingerprint density at radius 1 is 1.05 bits per heavy atom. The second kappa shape index (κ2) is 10.8. The predicted molar refractivity (Wildman–Crippen MR) is 144 cm³/mol. The van der Waals surface area contributed by atoms with Crippen molar-refractivity contribution in [3.8, 4) is 0 Å². The van der Waals surface area contributed by atoms with Gasteiger partial charge in [0.1, 0.15) is 6.10 Å². The number of carbonyl (C=O) groups excluding carboxylic acids is 1. The summed E-state index contributed by atoms with van der Waals surface area (Å²) < 4.78 is 35.0. The lowest BCUT2D eigenvalue weighted by Crippen LogP contribution is -2.67. The summed E-state index contributed by atoms with van der Waals surface area (Å²) in [5, 5.41) is 1.72. The number of halogens is 1. The molecule has 2 aromatic carbocycles. The maximum atomic E-state index is 15.8. The Morgan fingerprint density at radius 2 is 1.61 bits per heavy atom. The first-order valence-corrected chi connectivity index (χ1v) is 14.4. The van der Waals surface area contributed by atoms with E-state index in [-0.39, 0.29) is 17.2 Å². The molecule has 1 aliphatic heterocycles. The van der Waals surface area contributed by atoms with Gasteiger partial charge in [0.15, 0.2) is 18.5 Å². The van der Waals surface area contributed by atoms with Gasteiger partial charge in [0.25, 0.3) is 13.9 Å². The minimum absolute atomic E-state index is 0.0841. The maximum Gasteiger partial charge on any atom is 0.330 e. The number of alkyl halides is 1. The maximum absolute atomic E-state index is 15.8. The van der Waals surface area contributed by atoms with Crippen LogP contribution in [0.4, 0.5) is 4.39 Å². The van der Waals surface area contributed by atoms with Crippen LogP contribution in [0.2, 0.25) is 5.04 Å². The van der Waals surface area contributed by atoms with E-state index in [1.165, 1.54) is 20.0 Å². The van der Waals surface area contributed by atoms with E-state index in [1.54, 1.807) is 0 Å². The molecule has 4 rings (SSSR count). The Balaban J connectivity index is 1.75. The standard InChI is InChI=1S/C28H33FN2O6Si/c1-18-16-31(27(34)30-25(18)33)26-23(29)24(36-19(2)32)22(37-26)17-35-38(28(3,4)5,20-12-8-6-9-13-20)21-14-10-7-11-15-21/h6-16,22-24,26H,17H2,1-5H3,(H,30,33,34)/t22-,23?,24+,26-/m1/s1. The molecular weight excluding hydrogens is 507 g/mol. The van der Waals surface area contributed by atoms with Crippen LogP contribution in [0.5, 0.6) is 0 Å². The van der Waals surface area contributed by atoms with E-state index in [1.807, 2.05) is 60.7 Å². The number of nitrogens with one attached hydrogen (secondary N) is 1. The van der Waals surface area contributed by atoms with Gasteiger partial charge < -0.3 is 13.9 Å². The number of ether oxygens (including phenoxy) is 2. The highest BCUT2D eigenvalue weighted by Gasteiger charge is 2.53. The van der Waals surface area contributed by atoms with Crippen molar-refractivity contribution in [1.29, 1.82) is 0 Å². The van der Waals surface area contributed by atoms with Crippen molar-refractivity contribution in [2.45, 2.75) is 64.3 Å². The molecule has 202 valence electrons. The van der Waals surface area contributed by atoms with Gasteiger partial charge in [-0.05, 0) is 22.3 Å². The van der Waals surface area contributed by atoms with Gasteiger partial charge in [-0.15, -0.1) is 0 Å². The first-order valence-electron chi connectivity index (χ1n) is 12.5. The molecule has 1 aromatic heterocycles. The second-order valence-electron chi connectivity index (χ2n) is 10.5. The molecule has 0 amide bonds. The zero-order valence-electron chi connectivity index (χ0n) is 22.1. The molecule has 2 heterocycles. The van der Waals surface area contributed by atoms with E-state index in [9.17, 15) is 14.4 Å². The number of nitrogens with zero attached hydrogens (tertiary/aromatic N) is 1. The van der Waals surface area contributed by atoms with Crippen molar-refractivity contribution in [2.75, 3.05) is 6.61 Å². The summed E-state index contributed by atoms with van der Waals surface area (Å²) in [5.74, 6) is -0.678. The Morgan fingerprint density at radius 3 is 2.11 bits per heavy atom. The predicted octanol–water partition coefficient (Wildman–Crippen LogP) is 2.59. The van der Waals surface area contributed by atoms with Crippen LogP contribution in [0.1, 0.15) is 39.5 Å². The third kappa shape index (κ3) is 5.16. The number of H-pyrrole nitrogens is 1. The fourth-order valence-corrected chi connectivity index (χ4v) is 9.70. The first kappa shape index (κ1) is 27.7. The number of esters is 1. The molecule has 10 heteroatoms. The fraction of sp³-hybridized carbons (Fsp3) is 0.393. The topological polar surface area (TPSA) is 99.6 Å². The minimum Gasteiger partial charge on any atom is -0.456 e. The van der Waals surface area contributed by atoms with Crippen molar-refractivity contribution < 1.29 is 23.1 Å². The van der Waals surface area contributed by atoms with Gasteiger partial charge in [0.2, 0.25) is 0 Å². The molecule has 38 heavy (non-hydrogen) atoms. The van der Waals surface area contributed by atoms with Crippen molar-refractivity contribution in [1.82, 2.24) is 9.55 Å². The van der Waals surface area contributed by atoms with Crippen LogP contribution in [-0.4, -0.2) is 48.8 Å². The van der Waals surface area contributed by atoms with Gasteiger partial charge in [0.05, 0.1) is 6.61 Å². The molecule has 1 saturated heterocycles. The van der Waals surface area contributed by atoms with Gasteiger partial charge in [-0.2, -0.15) is 0 Å². The molecule has 1 fully saturated rings. The Kier molecular flexibility index (Phi) is 7.87. The van der Waals surface area contributed by atoms with Gasteiger partial charge in [-0.1, -0.05) is 81.4 Å². The summed E-state index contributed by atoms with van der Waals surface area (Å²) in [7, 11) is -3.00. The number of hydrogen-bond donors (Lipinski definition) is 1. The molecular formula is C28H33FN2O6Si. The highest BCUT2D eigenvalue weighted by molar-refractivity contribution is 6.99. The highest BCUT2D eigenvalue weighted by Crippen LogP contribution is 2.39. The molecule has 0 aliphatic carbocycles. The lowest BCUT2D eigenvalue weighted by Gasteiger charge is -2.43. The highest BCUT2D eigenvalue weighted by atomic mass is 28.4. The van der Waals surface area contributed by atoms with Crippen molar-refractivity contribution >= 4 is 24.7 Å². The van der Waals surface area contributed by atoms with E-state index < -0.39 is 50.1 Å². The van der Waals surface area contributed by atoms with Crippen molar-refractivity contribution in [3.05, 3.63) is 93.3 Å². The fourth-order valence-electron chi connectivity index (χ4n) is 5.13. The number of aromatic amines is 1. The number of aromatic nitrogens is 2. The molecule has 0 radical (unpaired) electrons. The Bertz CT molecular complexity index is 1350. The van der Waals surface area contributed by atoms with E-state index in [0.717, 1.165) is 14.9 Å². The Labute approximate surface area is 221 Å². The smallest absolute Gasteiger partial charge is 0.330 e. The van der Waals surface area contributed by atoms with Crippen molar-refractivity contribution in [2.24, 2.45) is 0 Å². The molecule has 8 nitrogen and oxygen atoms in total. The summed E-state index contributed by atoms with van der Waals surface area (Å²) in [6.07, 6.45) is -4.34. The molecule has 3 aromatic rings. The number of benzene rings is 2. The van der Waals surface area contributed by atoms with Crippen LogP contribution in [0, 0.1) is 6.92 Å². The summed E-state index contributed by atoms with van der Waals surface area (Å²) >= 11 is 0. The van der Waals surface area contributed by atoms with E-state index >= 15 is 4.39 Å². The summed E-state index contributed by atoms with van der Waals surface area (Å²) in [5.41, 5.74) is -1.16. The first-order chi connectivity index (χ1) is 18.0. The molecule has 4 atom stereocenters.